The van der Waals surface area contributed by atoms with Crippen LogP contribution < -0.4 is 10.6 Å². The van der Waals surface area contributed by atoms with Gasteiger partial charge in [-0.25, -0.2) is 4.39 Å². The third-order valence-corrected chi connectivity index (χ3v) is 5.41. The molecule has 4 rings (SSSR count). The number of unbranched alkanes of at least 4 members (excludes halogenated alkanes) is 1. The van der Waals surface area contributed by atoms with E-state index in [2.05, 4.69) is 38.1 Å². The van der Waals surface area contributed by atoms with Crippen molar-refractivity contribution in [1.82, 2.24) is 20.7 Å². The molecule has 3 N–H and O–H groups in total. The van der Waals surface area contributed by atoms with Crippen LogP contribution in [0.1, 0.15) is 24.0 Å². The fourth-order valence-corrected chi connectivity index (χ4v) is 3.77. The van der Waals surface area contributed by atoms with Crippen LogP contribution in [0.25, 0.3) is 22.0 Å². The van der Waals surface area contributed by atoms with E-state index in [4.69, 9.17) is 14.5 Å². The lowest BCUT2D eigenvalue weighted by molar-refractivity contribution is 0.140. The maximum atomic E-state index is 13.6. The molecule has 176 valence electrons. The first-order valence-electron chi connectivity index (χ1n) is 11.3. The Morgan fingerprint density at radius 2 is 1.94 bits per heavy atom. The zero-order valence-corrected chi connectivity index (χ0v) is 18.8. The highest BCUT2D eigenvalue weighted by molar-refractivity contribution is 5.95. The van der Waals surface area contributed by atoms with Crippen molar-refractivity contribution in [2.45, 2.75) is 25.8 Å². The molecule has 34 heavy (non-hydrogen) atoms. The van der Waals surface area contributed by atoms with E-state index < -0.39 is 0 Å². The maximum Gasteiger partial charge on any atom is 0.131 e. The summed E-state index contributed by atoms with van der Waals surface area (Å²) >= 11 is 0. The Kier molecular flexibility index (Phi) is 8.22. The summed E-state index contributed by atoms with van der Waals surface area (Å²) in [4.78, 5) is 0. The quantitative estimate of drug-likeness (QED) is 0.252. The molecule has 0 fully saturated rings. The van der Waals surface area contributed by atoms with Crippen LogP contribution in [0.4, 0.5) is 10.1 Å². The van der Waals surface area contributed by atoms with Crippen LogP contribution in [0, 0.1) is 17.1 Å². The summed E-state index contributed by atoms with van der Waals surface area (Å²) in [5, 5.41) is 27.5. The molecule has 8 nitrogen and oxygen atoms in total. The number of fused-ring (bicyclic) bond motifs is 1. The van der Waals surface area contributed by atoms with Gasteiger partial charge in [-0.2, -0.15) is 10.4 Å². The SMILES string of the molecule is N#CCc1cc(F)cc(CNCCCCOCCNc2cc(-c3cnoc3)cc3[nH]ncc23)c1. The molecule has 0 unspecified atom stereocenters. The van der Waals surface area contributed by atoms with E-state index >= 15 is 0 Å². The third kappa shape index (κ3) is 6.41. The second-order valence-electron chi connectivity index (χ2n) is 7.99. The van der Waals surface area contributed by atoms with Crippen molar-refractivity contribution < 1.29 is 13.7 Å². The lowest BCUT2D eigenvalue weighted by atomic mass is 10.1. The number of rotatable bonds is 13. The van der Waals surface area contributed by atoms with Crippen LogP contribution in [0.15, 0.2) is 53.5 Å². The van der Waals surface area contributed by atoms with Gasteiger partial charge in [0.2, 0.25) is 0 Å². The largest absolute Gasteiger partial charge is 0.382 e. The summed E-state index contributed by atoms with van der Waals surface area (Å²) in [6.07, 6.45) is 7.22. The number of hydrogen-bond donors (Lipinski definition) is 3. The number of nitrogens with zero attached hydrogens (tertiary/aromatic N) is 3. The molecule has 0 saturated carbocycles. The van der Waals surface area contributed by atoms with Gasteiger partial charge in [-0.3, -0.25) is 5.10 Å². The molecule has 0 bridgehead atoms. The van der Waals surface area contributed by atoms with Crippen LogP contribution in [-0.2, 0) is 17.7 Å². The van der Waals surface area contributed by atoms with Crippen molar-refractivity contribution >= 4 is 16.6 Å². The van der Waals surface area contributed by atoms with Gasteiger partial charge in [0.25, 0.3) is 0 Å². The highest BCUT2D eigenvalue weighted by Gasteiger charge is 2.09. The summed E-state index contributed by atoms with van der Waals surface area (Å²) in [5.41, 5.74) is 5.38. The van der Waals surface area contributed by atoms with Crippen LogP contribution in [0.2, 0.25) is 0 Å². The van der Waals surface area contributed by atoms with Crippen molar-refractivity contribution in [3.05, 3.63) is 65.9 Å². The number of ether oxygens (including phenoxy) is 1. The van der Waals surface area contributed by atoms with Gasteiger partial charge >= 0.3 is 0 Å². The molecule has 0 radical (unpaired) electrons. The van der Waals surface area contributed by atoms with Gasteiger partial charge in [0.1, 0.15) is 12.1 Å². The topological polar surface area (TPSA) is 112 Å². The average Bonchev–Trinajstić information content (AvgIpc) is 3.52. The zero-order chi connectivity index (χ0) is 23.6. The first-order chi connectivity index (χ1) is 16.7. The number of nitrogens with one attached hydrogen (secondary N) is 3. The molecule has 0 saturated heterocycles. The van der Waals surface area contributed by atoms with E-state index in [-0.39, 0.29) is 12.2 Å². The molecule has 2 heterocycles. The second-order valence-corrected chi connectivity index (χ2v) is 7.99. The molecule has 0 aliphatic carbocycles. The molecule has 2 aromatic heterocycles. The minimum absolute atomic E-state index is 0.219. The van der Waals surface area contributed by atoms with E-state index in [0.29, 0.717) is 31.9 Å². The molecule has 0 spiro atoms. The molecule has 0 aliphatic rings. The molecule has 9 heteroatoms. The molecule has 0 amide bonds. The van der Waals surface area contributed by atoms with Gasteiger partial charge in [-0.15, -0.1) is 0 Å². The Morgan fingerprint density at radius 3 is 2.79 bits per heavy atom. The average molecular weight is 463 g/mol. The number of aromatic nitrogens is 3. The molecular formula is C25H27FN6O2. The first-order valence-corrected chi connectivity index (χ1v) is 11.3. The van der Waals surface area contributed by atoms with Crippen LogP contribution in [0.5, 0.6) is 0 Å². The van der Waals surface area contributed by atoms with Crippen molar-refractivity contribution in [2.75, 3.05) is 31.6 Å². The molecular weight excluding hydrogens is 435 g/mol. The van der Waals surface area contributed by atoms with Crippen molar-refractivity contribution in [1.29, 1.82) is 5.26 Å². The fraction of sp³-hybridized carbons (Fsp3) is 0.320. The monoisotopic (exact) mass is 462 g/mol. The zero-order valence-electron chi connectivity index (χ0n) is 18.8. The van der Waals surface area contributed by atoms with Gasteiger partial charge in [0.15, 0.2) is 0 Å². The minimum Gasteiger partial charge on any atom is -0.382 e. The van der Waals surface area contributed by atoms with Crippen molar-refractivity contribution in [3.8, 4) is 17.2 Å². The predicted molar refractivity (Wildman–Crippen MR) is 128 cm³/mol. The summed E-state index contributed by atoms with van der Waals surface area (Å²) < 4.78 is 24.3. The van der Waals surface area contributed by atoms with E-state index in [9.17, 15) is 4.39 Å². The molecule has 0 atom stereocenters. The number of hydrogen-bond acceptors (Lipinski definition) is 7. The number of H-pyrrole nitrogens is 1. The Morgan fingerprint density at radius 1 is 1.03 bits per heavy atom. The minimum atomic E-state index is -0.301. The number of anilines is 1. The van der Waals surface area contributed by atoms with Gasteiger partial charge in [0.05, 0.1) is 37.0 Å². The fourth-order valence-electron chi connectivity index (χ4n) is 3.77. The smallest absolute Gasteiger partial charge is 0.131 e. The second kappa shape index (κ2) is 11.9. The molecule has 4 aromatic rings. The van der Waals surface area contributed by atoms with Gasteiger partial charge in [0, 0.05) is 36.3 Å². The van der Waals surface area contributed by atoms with Crippen LogP contribution in [-0.4, -0.2) is 41.7 Å². The molecule has 0 aliphatic heterocycles. The van der Waals surface area contributed by atoms with Crippen LogP contribution >= 0.6 is 0 Å². The summed E-state index contributed by atoms with van der Waals surface area (Å²) in [6.45, 7) is 3.35. The van der Waals surface area contributed by atoms with Gasteiger partial charge in [-0.05, 0) is 60.3 Å². The number of benzene rings is 2. The Balaban J connectivity index is 1.12. The number of aromatic amines is 1. The summed E-state index contributed by atoms with van der Waals surface area (Å²) in [5.74, 6) is -0.301. The van der Waals surface area contributed by atoms with Crippen molar-refractivity contribution in [2.24, 2.45) is 0 Å². The van der Waals surface area contributed by atoms with Gasteiger partial charge in [-0.1, -0.05) is 11.2 Å². The van der Waals surface area contributed by atoms with Crippen LogP contribution in [0.3, 0.4) is 0 Å². The summed E-state index contributed by atoms with van der Waals surface area (Å²) in [6, 6.07) is 10.9. The Labute approximate surface area is 197 Å². The standard InChI is InChI=1S/C25H27FN6O2/c26-22-10-18(3-4-27)9-19(11-22)14-28-5-1-2-7-33-8-6-29-24-12-20(21-15-31-34-17-21)13-25-23(24)16-30-32-25/h9-13,15-17,28-29H,1-3,5-8,14H2,(H,30,32). The van der Waals surface area contributed by atoms with E-state index in [1.54, 1.807) is 18.7 Å². The Bertz CT molecular complexity index is 1230. The Hall–Kier alpha value is -3.74. The highest BCUT2D eigenvalue weighted by Crippen LogP contribution is 2.29. The van der Waals surface area contributed by atoms with E-state index in [1.165, 1.54) is 12.1 Å². The van der Waals surface area contributed by atoms with Gasteiger partial charge < -0.3 is 19.9 Å². The van der Waals surface area contributed by atoms with E-state index in [0.717, 1.165) is 52.7 Å². The summed E-state index contributed by atoms with van der Waals surface area (Å²) in [7, 11) is 0. The lowest BCUT2D eigenvalue weighted by Crippen LogP contribution is -2.16. The third-order valence-electron chi connectivity index (χ3n) is 5.41. The highest BCUT2D eigenvalue weighted by atomic mass is 19.1. The first kappa shape index (κ1) is 23.4. The molecule has 2 aromatic carbocycles. The van der Waals surface area contributed by atoms with E-state index in [1.807, 2.05) is 12.1 Å². The number of halogens is 1. The lowest BCUT2D eigenvalue weighted by Gasteiger charge is -2.10. The van der Waals surface area contributed by atoms with Crippen molar-refractivity contribution in [3.63, 3.8) is 0 Å². The predicted octanol–water partition coefficient (Wildman–Crippen LogP) is 4.42. The normalized spacial score (nSPS) is 11.1. The number of nitriles is 1. The maximum absolute atomic E-state index is 13.6.